The smallest absolute Gasteiger partial charge is 0.258 e. The summed E-state index contributed by atoms with van der Waals surface area (Å²) in [6, 6.07) is 8.62. The van der Waals surface area contributed by atoms with Gasteiger partial charge in [0, 0.05) is 30.2 Å². The van der Waals surface area contributed by atoms with Crippen molar-refractivity contribution in [2.45, 2.75) is 31.6 Å². The molecule has 1 atom stereocenters. The van der Waals surface area contributed by atoms with Crippen LogP contribution in [0.25, 0.3) is 5.69 Å². The number of fused-ring (bicyclic) bond motifs is 1. The Bertz CT molecular complexity index is 712. The van der Waals surface area contributed by atoms with E-state index in [9.17, 15) is 10.1 Å². The molecule has 0 saturated carbocycles. The van der Waals surface area contributed by atoms with Crippen molar-refractivity contribution >= 4 is 5.69 Å². The third kappa shape index (κ3) is 2.38. The zero-order chi connectivity index (χ0) is 14.8. The number of aromatic nitrogens is 2. The van der Waals surface area contributed by atoms with Crippen molar-refractivity contribution in [1.29, 1.82) is 5.26 Å². The Morgan fingerprint density at radius 2 is 2.19 bits per heavy atom. The molecule has 0 spiro atoms. The first-order valence-electron chi connectivity index (χ1n) is 6.89. The third-order valence-corrected chi connectivity index (χ3v) is 3.95. The molecule has 0 aliphatic heterocycles. The molecule has 1 unspecified atom stereocenters. The molecule has 0 saturated heterocycles. The molecule has 21 heavy (non-hydrogen) atoms. The van der Waals surface area contributed by atoms with Crippen LogP contribution in [0, 0.1) is 21.4 Å². The minimum Gasteiger partial charge on any atom is -0.258 e. The lowest BCUT2D eigenvalue weighted by molar-refractivity contribution is -0.384. The molecule has 0 N–H and O–H groups in total. The van der Waals surface area contributed by atoms with Gasteiger partial charge in [-0.2, -0.15) is 10.4 Å². The van der Waals surface area contributed by atoms with Crippen molar-refractivity contribution in [3.63, 3.8) is 0 Å². The van der Waals surface area contributed by atoms with Crippen molar-refractivity contribution in [2.75, 3.05) is 0 Å². The van der Waals surface area contributed by atoms with Crippen LogP contribution in [0.3, 0.4) is 0 Å². The molecule has 6 nitrogen and oxygen atoms in total. The summed E-state index contributed by atoms with van der Waals surface area (Å²) in [5.41, 5.74) is 3.15. The highest BCUT2D eigenvalue weighted by molar-refractivity contribution is 5.43. The highest BCUT2D eigenvalue weighted by Gasteiger charge is 2.24. The summed E-state index contributed by atoms with van der Waals surface area (Å²) in [5.74, 6) is 0.255. The SMILES string of the molecule is N#CCC1CCCc2c1cnn2-c1ccc([N+](=O)[O-])cc1. The van der Waals surface area contributed by atoms with Crippen molar-refractivity contribution < 1.29 is 4.92 Å². The molecule has 1 aromatic heterocycles. The summed E-state index contributed by atoms with van der Waals surface area (Å²) in [6.07, 6.45) is 5.33. The van der Waals surface area contributed by atoms with Crippen LogP contribution in [0.5, 0.6) is 0 Å². The number of nitro benzene ring substituents is 1. The molecule has 1 heterocycles. The van der Waals surface area contributed by atoms with E-state index in [1.807, 2.05) is 10.9 Å². The van der Waals surface area contributed by atoms with Gasteiger partial charge in [0.25, 0.3) is 5.69 Å². The maximum Gasteiger partial charge on any atom is 0.269 e. The largest absolute Gasteiger partial charge is 0.269 e. The van der Waals surface area contributed by atoms with Crippen LogP contribution in [0.1, 0.15) is 36.4 Å². The van der Waals surface area contributed by atoms with Crippen LogP contribution in [-0.4, -0.2) is 14.7 Å². The third-order valence-electron chi connectivity index (χ3n) is 3.95. The maximum atomic E-state index is 10.7. The summed E-state index contributed by atoms with van der Waals surface area (Å²) in [5, 5.41) is 24.0. The first-order chi connectivity index (χ1) is 10.2. The van der Waals surface area contributed by atoms with Crippen molar-refractivity contribution in [2.24, 2.45) is 0 Å². The van der Waals surface area contributed by atoms with E-state index >= 15 is 0 Å². The first kappa shape index (κ1) is 13.3. The molecule has 1 aromatic carbocycles. The second-order valence-corrected chi connectivity index (χ2v) is 5.18. The Labute approximate surface area is 121 Å². The molecule has 0 fully saturated rings. The Balaban J connectivity index is 1.97. The second-order valence-electron chi connectivity index (χ2n) is 5.18. The van der Waals surface area contributed by atoms with Crippen LogP contribution in [0.4, 0.5) is 5.69 Å². The summed E-state index contributed by atoms with van der Waals surface area (Å²) >= 11 is 0. The molecule has 0 bridgehead atoms. The van der Waals surface area contributed by atoms with E-state index in [2.05, 4.69) is 11.2 Å². The number of nitrogens with zero attached hydrogens (tertiary/aromatic N) is 4. The fraction of sp³-hybridized carbons (Fsp3) is 0.333. The van der Waals surface area contributed by atoms with Crippen molar-refractivity contribution in [3.05, 3.63) is 51.8 Å². The van der Waals surface area contributed by atoms with E-state index in [0.717, 1.165) is 36.2 Å². The van der Waals surface area contributed by atoms with Crippen LogP contribution in [0.15, 0.2) is 30.5 Å². The van der Waals surface area contributed by atoms with Crippen molar-refractivity contribution in [3.8, 4) is 11.8 Å². The molecule has 6 heteroatoms. The molecular formula is C15H14N4O2. The Hall–Kier alpha value is -2.68. The van der Waals surface area contributed by atoms with E-state index in [0.29, 0.717) is 6.42 Å². The Morgan fingerprint density at radius 3 is 2.86 bits per heavy atom. The first-order valence-corrected chi connectivity index (χ1v) is 6.89. The normalized spacial score (nSPS) is 17.0. The second kappa shape index (κ2) is 5.37. The van der Waals surface area contributed by atoms with Gasteiger partial charge in [-0.25, -0.2) is 4.68 Å². The number of benzene rings is 1. The lowest BCUT2D eigenvalue weighted by atomic mass is 9.85. The molecular weight excluding hydrogens is 268 g/mol. The van der Waals surface area contributed by atoms with E-state index in [1.54, 1.807) is 12.1 Å². The molecule has 0 radical (unpaired) electrons. The lowest BCUT2D eigenvalue weighted by Gasteiger charge is -2.21. The van der Waals surface area contributed by atoms with E-state index < -0.39 is 4.92 Å². The van der Waals surface area contributed by atoms with Gasteiger partial charge in [0.2, 0.25) is 0 Å². The fourth-order valence-electron chi connectivity index (χ4n) is 2.91. The number of rotatable bonds is 3. The zero-order valence-electron chi connectivity index (χ0n) is 11.4. The van der Waals surface area contributed by atoms with Gasteiger partial charge in [0.1, 0.15) is 0 Å². The Kier molecular flexibility index (Phi) is 3.40. The number of hydrogen-bond donors (Lipinski definition) is 0. The number of nitro groups is 1. The average molecular weight is 282 g/mol. The standard InChI is InChI=1S/C15H14N4O2/c16-9-8-11-2-1-3-15-14(11)10-17-18(15)12-4-6-13(7-5-12)19(20)21/h4-7,10-11H,1-3,8H2. The van der Waals surface area contributed by atoms with Crippen LogP contribution in [0.2, 0.25) is 0 Å². The predicted molar refractivity (Wildman–Crippen MR) is 76.1 cm³/mol. The average Bonchev–Trinajstić information content (AvgIpc) is 2.93. The molecule has 106 valence electrons. The molecule has 1 aliphatic carbocycles. The predicted octanol–water partition coefficient (Wildman–Crippen LogP) is 3.11. The zero-order valence-corrected chi connectivity index (χ0v) is 11.4. The van der Waals surface area contributed by atoms with Gasteiger partial charge in [0.05, 0.1) is 22.9 Å². The molecule has 1 aliphatic rings. The quantitative estimate of drug-likeness (QED) is 0.639. The minimum atomic E-state index is -0.411. The van der Waals surface area contributed by atoms with Crippen LogP contribution in [-0.2, 0) is 6.42 Å². The molecule has 2 aromatic rings. The van der Waals surface area contributed by atoms with Gasteiger partial charge in [-0.3, -0.25) is 10.1 Å². The van der Waals surface area contributed by atoms with Gasteiger partial charge in [-0.05, 0) is 37.0 Å². The van der Waals surface area contributed by atoms with Crippen molar-refractivity contribution in [1.82, 2.24) is 9.78 Å². The number of hydrogen-bond acceptors (Lipinski definition) is 4. The summed E-state index contributed by atoms with van der Waals surface area (Å²) in [4.78, 5) is 10.3. The van der Waals surface area contributed by atoms with Crippen LogP contribution < -0.4 is 0 Å². The van der Waals surface area contributed by atoms with Gasteiger partial charge in [-0.1, -0.05) is 0 Å². The fourth-order valence-corrected chi connectivity index (χ4v) is 2.91. The monoisotopic (exact) mass is 282 g/mol. The van der Waals surface area contributed by atoms with E-state index in [-0.39, 0.29) is 11.6 Å². The molecule has 0 amide bonds. The minimum absolute atomic E-state index is 0.0714. The number of nitriles is 1. The van der Waals surface area contributed by atoms with E-state index in [1.165, 1.54) is 12.1 Å². The Morgan fingerprint density at radius 1 is 1.43 bits per heavy atom. The van der Waals surface area contributed by atoms with Crippen LogP contribution >= 0.6 is 0 Å². The topological polar surface area (TPSA) is 84.8 Å². The van der Waals surface area contributed by atoms with E-state index in [4.69, 9.17) is 5.26 Å². The number of non-ortho nitro benzene ring substituents is 1. The lowest BCUT2D eigenvalue weighted by Crippen LogP contribution is -2.11. The van der Waals surface area contributed by atoms with Gasteiger partial charge in [-0.15, -0.1) is 0 Å². The summed E-state index contributed by atoms with van der Waals surface area (Å²) < 4.78 is 1.84. The summed E-state index contributed by atoms with van der Waals surface area (Å²) in [7, 11) is 0. The molecule has 3 rings (SSSR count). The summed E-state index contributed by atoms with van der Waals surface area (Å²) in [6.45, 7) is 0. The van der Waals surface area contributed by atoms with Gasteiger partial charge in [0.15, 0.2) is 0 Å². The van der Waals surface area contributed by atoms with Gasteiger partial charge < -0.3 is 0 Å². The highest BCUT2D eigenvalue weighted by Crippen LogP contribution is 2.34. The highest BCUT2D eigenvalue weighted by atomic mass is 16.6. The maximum absolute atomic E-state index is 10.7. The van der Waals surface area contributed by atoms with Gasteiger partial charge >= 0.3 is 0 Å².